The molecule has 0 aromatic heterocycles. The van der Waals surface area contributed by atoms with Gasteiger partial charge in [-0.1, -0.05) is 48.5 Å². The summed E-state index contributed by atoms with van der Waals surface area (Å²) in [6.45, 7) is 9.33. The molecule has 208 valence electrons. The molecule has 39 heavy (non-hydrogen) atoms. The third kappa shape index (κ3) is 7.12. The SMILES string of the molecule is CCOc1ccc(N(CC2CCN(C(=O)OC(C)(C)C)CC2)S(=O)(=O)c2ccccc2)c(-c2ccccc2)c1. The fourth-order valence-electron chi connectivity index (χ4n) is 4.74. The van der Waals surface area contributed by atoms with Gasteiger partial charge in [-0.25, -0.2) is 13.2 Å². The zero-order valence-electron chi connectivity index (χ0n) is 23.2. The van der Waals surface area contributed by atoms with E-state index >= 15 is 0 Å². The van der Waals surface area contributed by atoms with Gasteiger partial charge in [-0.05, 0) is 82.3 Å². The van der Waals surface area contributed by atoms with E-state index in [0.717, 1.165) is 11.1 Å². The van der Waals surface area contributed by atoms with Gasteiger partial charge in [0, 0.05) is 25.2 Å². The molecule has 3 aromatic carbocycles. The highest BCUT2D eigenvalue weighted by Crippen LogP contribution is 2.38. The van der Waals surface area contributed by atoms with E-state index in [9.17, 15) is 13.2 Å². The number of sulfonamides is 1. The first kappa shape index (κ1) is 28.5. The summed E-state index contributed by atoms with van der Waals surface area (Å²) in [7, 11) is -3.88. The third-order valence-electron chi connectivity index (χ3n) is 6.65. The van der Waals surface area contributed by atoms with Crippen LogP contribution < -0.4 is 9.04 Å². The number of benzene rings is 3. The molecule has 8 heteroatoms. The molecular weight excluding hydrogens is 512 g/mol. The summed E-state index contributed by atoms with van der Waals surface area (Å²) in [5.41, 5.74) is 1.73. The smallest absolute Gasteiger partial charge is 0.410 e. The van der Waals surface area contributed by atoms with Crippen molar-refractivity contribution in [3.8, 4) is 16.9 Å². The van der Waals surface area contributed by atoms with Crippen LogP contribution in [0.15, 0.2) is 83.8 Å². The van der Waals surface area contributed by atoms with E-state index in [0.29, 0.717) is 50.5 Å². The fourth-order valence-corrected chi connectivity index (χ4v) is 6.32. The molecule has 0 aliphatic carbocycles. The number of ether oxygens (including phenoxy) is 2. The lowest BCUT2D eigenvalue weighted by Crippen LogP contribution is -2.44. The van der Waals surface area contributed by atoms with Crippen LogP contribution in [-0.2, 0) is 14.8 Å². The lowest BCUT2D eigenvalue weighted by Gasteiger charge is -2.36. The number of piperidine rings is 1. The second kappa shape index (κ2) is 12.1. The van der Waals surface area contributed by atoms with Gasteiger partial charge < -0.3 is 14.4 Å². The normalized spacial score (nSPS) is 14.6. The maximum atomic E-state index is 14.1. The van der Waals surface area contributed by atoms with Gasteiger partial charge in [0.2, 0.25) is 0 Å². The Morgan fingerprint density at radius 2 is 1.56 bits per heavy atom. The van der Waals surface area contributed by atoms with Crippen molar-refractivity contribution in [1.29, 1.82) is 0 Å². The molecule has 1 aliphatic heterocycles. The van der Waals surface area contributed by atoms with Crippen molar-refractivity contribution in [3.63, 3.8) is 0 Å². The number of anilines is 1. The molecule has 1 amide bonds. The first-order chi connectivity index (χ1) is 18.6. The second-order valence-electron chi connectivity index (χ2n) is 10.7. The van der Waals surface area contributed by atoms with E-state index in [2.05, 4.69) is 0 Å². The highest BCUT2D eigenvalue weighted by molar-refractivity contribution is 7.92. The highest BCUT2D eigenvalue weighted by atomic mass is 32.2. The lowest BCUT2D eigenvalue weighted by molar-refractivity contribution is 0.0187. The van der Waals surface area contributed by atoms with Gasteiger partial charge >= 0.3 is 6.09 Å². The van der Waals surface area contributed by atoms with Crippen molar-refractivity contribution in [1.82, 2.24) is 4.90 Å². The predicted molar refractivity (Wildman–Crippen MR) is 155 cm³/mol. The van der Waals surface area contributed by atoms with Gasteiger partial charge in [0.15, 0.2) is 0 Å². The Balaban J connectivity index is 1.69. The molecule has 3 aromatic rings. The minimum atomic E-state index is -3.88. The van der Waals surface area contributed by atoms with E-state index < -0.39 is 15.6 Å². The van der Waals surface area contributed by atoms with E-state index in [1.807, 2.05) is 82.3 Å². The van der Waals surface area contributed by atoms with Gasteiger partial charge in [-0.3, -0.25) is 4.31 Å². The first-order valence-electron chi connectivity index (χ1n) is 13.5. The maximum absolute atomic E-state index is 14.1. The quantitative estimate of drug-likeness (QED) is 0.316. The average molecular weight is 551 g/mol. The van der Waals surface area contributed by atoms with Gasteiger partial charge in [-0.15, -0.1) is 0 Å². The monoisotopic (exact) mass is 550 g/mol. The summed E-state index contributed by atoms with van der Waals surface area (Å²) in [5, 5.41) is 0. The van der Waals surface area contributed by atoms with Crippen molar-refractivity contribution < 1.29 is 22.7 Å². The standard InChI is InChI=1S/C31H38N2O5S/c1-5-37-26-16-17-29(28(22-26)25-12-8-6-9-13-25)33(39(35,36)27-14-10-7-11-15-27)23-24-18-20-32(21-19-24)30(34)38-31(2,3)4/h6-17,22,24H,5,18-21,23H2,1-4H3. The molecule has 1 heterocycles. The molecule has 7 nitrogen and oxygen atoms in total. The van der Waals surface area contributed by atoms with Crippen LogP contribution in [0.4, 0.5) is 10.5 Å². The molecule has 4 rings (SSSR count). The number of carbonyl (C=O) groups is 1. The zero-order valence-corrected chi connectivity index (χ0v) is 24.0. The van der Waals surface area contributed by atoms with Crippen molar-refractivity contribution in [2.75, 3.05) is 30.5 Å². The summed E-state index contributed by atoms with van der Waals surface area (Å²) in [6, 6.07) is 23.9. The Bertz CT molecular complexity index is 1350. The topological polar surface area (TPSA) is 76.2 Å². The average Bonchev–Trinajstić information content (AvgIpc) is 2.92. The third-order valence-corrected chi connectivity index (χ3v) is 8.45. The molecule has 1 fully saturated rings. The maximum Gasteiger partial charge on any atom is 0.410 e. The number of hydrogen-bond acceptors (Lipinski definition) is 5. The van der Waals surface area contributed by atoms with Gasteiger partial charge in [0.1, 0.15) is 11.4 Å². The Hall–Kier alpha value is -3.52. The molecule has 1 saturated heterocycles. The van der Waals surface area contributed by atoms with Crippen molar-refractivity contribution >= 4 is 21.8 Å². The molecule has 0 atom stereocenters. The molecule has 1 aliphatic rings. The minimum Gasteiger partial charge on any atom is -0.494 e. The van der Waals surface area contributed by atoms with E-state index in [1.165, 1.54) is 4.31 Å². The number of nitrogens with zero attached hydrogens (tertiary/aromatic N) is 2. The van der Waals surface area contributed by atoms with Gasteiger partial charge in [0.25, 0.3) is 10.0 Å². The largest absolute Gasteiger partial charge is 0.494 e. The predicted octanol–water partition coefficient (Wildman–Crippen LogP) is 6.59. The zero-order chi connectivity index (χ0) is 28.0. The molecular formula is C31H38N2O5S. The summed E-state index contributed by atoms with van der Waals surface area (Å²) < 4.78 is 41.1. The van der Waals surface area contributed by atoms with Gasteiger partial charge in [-0.2, -0.15) is 0 Å². The van der Waals surface area contributed by atoms with E-state index in [4.69, 9.17) is 9.47 Å². The van der Waals surface area contributed by atoms with Crippen LogP contribution >= 0.6 is 0 Å². The molecule has 0 N–H and O–H groups in total. The molecule has 0 bridgehead atoms. The van der Waals surface area contributed by atoms with E-state index in [-0.39, 0.29) is 16.9 Å². The van der Waals surface area contributed by atoms with Crippen LogP contribution in [0.3, 0.4) is 0 Å². The summed E-state index contributed by atoms with van der Waals surface area (Å²) in [5.74, 6) is 0.750. The highest BCUT2D eigenvalue weighted by Gasteiger charge is 2.33. The summed E-state index contributed by atoms with van der Waals surface area (Å²) in [4.78, 5) is 14.5. The van der Waals surface area contributed by atoms with Crippen LogP contribution in [0.5, 0.6) is 5.75 Å². The molecule has 0 spiro atoms. The van der Waals surface area contributed by atoms with Crippen LogP contribution in [0.25, 0.3) is 11.1 Å². The second-order valence-corrected chi connectivity index (χ2v) is 12.6. The van der Waals surface area contributed by atoms with Crippen LogP contribution in [-0.4, -0.2) is 51.3 Å². The summed E-state index contributed by atoms with van der Waals surface area (Å²) in [6.07, 6.45) is 1.03. The van der Waals surface area contributed by atoms with Crippen molar-refractivity contribution in [2.24, 2.45) is 5.92 Å². The van der Waals surface area contributed by atoms with Gasteiger partial charge in [0.05, 0.1) is 17.2 Å². The molecule has 0 radical (unpaired) electrons. The Kier molecular flexibility index (Phi) is 8.85. The minimum absolute atomic E-state index is 0.0670. The summed E-state index contributed by atoms with van der Waals surface area (Å²) >= 11 is 0. The lowest BCUT2D eigenvalue weighted by atomic mass is 9.96. The Morgan fingerprint density at radius 3 is 2.15 bits per heavy atom. The first-order valence-corrected chi connectivity index (χ1v) is 14.9. The fraction of sp³-hybridized carbons (Fsp3) is 0.387. The number of rotatable bonds is 8. The number of amides is 1. The van der Waals surface area contributed by atoms with E-state index in [1.54, 1.807) is 29.2 Å². The molecule has 0 unspecified atom stereocenters. The molecule has 0 saturated carbocycles. The number of likely N-dealkylation sites (tertiary alicyclic amines) is 1. The van der Waals surface area contributed by atoms with Crippen LogP contribution in [0.2, 0.25) is 0 Å². The van der Waals surface area contributed by atoms with Crippen molar-refractivity contribution in [3.05, 3.63) is 78.9 Å². The van der Waals surface area contributed by atoms with Crippen LogP contribution in [0.1, 0.15) is 40.5 Å². The number of carbonyl (C=O) groups excluding carboxylic acids is 1. The van der Waals surface area contributed by atoms with Crippen molar-refractivity contribution in [2.45, 2.75) is 51.0 Å². The Morgan fingerprint density at radius 1 is 0.949 bits per heavy atom. The number of hydrogen-bond donors (Lipinski definition) is 0. The Labute approximate surface area is 232 Å². The van der Waals surface area contributed by atoms with Crippen LogP contribution in [0, 0.1) is 5.92 Å².